The number of methoxy groups -OCH3 is 1. The molecule has 0 aliphatic carbocycles. The van der Waals surface area contributed by atoms with Crippen molar-refractivity contribution < 1.29 is 37.1 Å². The summed E-state index contributed by atoms with van der Waals surface area (Å²) in [6.07, 6.45) is -0.308. The van der Waals surface area contributed by atoms with Crippen LogP contribution in [0.5, 0.6) is 0 Å². The second-order valence-corrected chi connectivity index (χ2v) is 8.30. The molecule has 198 valence electrons. The van der Waals surface area contributed by atoms with Crippen molar-refractivity contribution in [2.45, 2.75) is 51.4 Å². The van der Waals surface area contributed by atoms with Crippen molar-refractivity contribution in [3.05, 3.63) is 40.8 Å². The first-order valence-electron chi connectivity index (χ1n) is 11.3. The van der Waals surface area contributed by atoms with E-state index >= 15 is 0 Å². The highest BCUT2D eigenvalue weighted by atomic mass is 19.4. The maximum Gasteiger partial charge on any atom is 0.391 e. The fraction of sp³-hybridized carbons (Fsp3) is 0.522. The van der Waals surface area contributed by atoms with Gasteiger partial charge in [0.05, 0.1) is 13.0 Å². The molecule has 3 amide bonds. The van der Waals surface area contributed by atoms with E-state index in [-0.39, 0.29) is 44.5 Å². The van der Waals surface area contributed by atoms with Crippen LogP contribution in [-0.4, -0.2) is 65.6 Å². The summed E-state index contributed by atoms with van der Waals surface area (Å²) in [4.78, 5) is 62.0. The van der Waals surface area contributed by atoms with Gasteiger partial charge in [-0.15, -0.1) is 0 Å². The number of hydrogen-bond acceptors (Lipinski definition) is 6. The lowest BCUT2D eigenvalue weighted by Crippen LogP contribution is -2.45. The summed E-state index contributed by atoms with van der Waals surface area (Å²) < 4.78 is 44.1. The quantitative estimate of drug-likeness (QED) is 0.381. The average molecular weight is 515 g/mol. The Morgan fingerprint density at radius 2 is 1.89 bits per heavy atom. The highest BCUT2D eigenvalue weighted by Crippen LogP contribution is 2.34. The number of carbonyl (C=O) groups is 4. The van der Waals surface area contributed by atoms with Gasteiger partial charge in [-0.3, -0.25) is 19.2 Å². The molecule has 0 radical (unpaired) electrons. The van der Waals surface area contributed by atoms with Crippen molar-refractivity contribution in [1.82, 2.24) is 14.8 Å². The molecule has 2 rings (SSSR count). The Kier molecular flexibility index (Phi) is 10.2. The van der Waals surface area contributed by atoms with Gasteiger partial charge in [0.15, 0.2) is 0 Å². The second-order valence-electron chi connectivity index (χ2n) is 8.30. The predicted molar refractivity (Wildman–Crippen MR) is 123 cm³/mol. The molecule has 0 spiro atoms. The van der Waals surface area contributed by atoms with Crippen molar-refractivity contribution in [2.75, 3.05) is 25.5 Å². The lowest BCUT2D eigenvalue weighted by molar-refractivity contribution is -0.186. The summed E-state index contributed by atoms with van der Waals surface area (Å²) in [5, 5.41) is 4.91. The van der Waals surface area contributed by atoms with Gasteiger partial charge < -0.3 is 24.8 Å². The number of halogens is 3. The number of hydrogen-bond donors (Lipinski definition) is 2. The van der Waals surface area contributed by atoms with E-state index < -0.39 is 53.9 Å². The molecule has 36 heavy (non-hydrogen) atoms. The number of aromatic nitrogens is 1. The van der Waals surface area contributed by atoms with Crippen LogP contribution in [0.4, 0.5) is 18.9 Å². The maximum absolute atomic E-state index is 12.8. The van der Waals surface area contributed by atoms with Gasteiger partial charge in [0.25, 0.3) is 5.56 Å². The van der Waals surface area contributed by atoms with Crippen molar-refractivity contribution in [2.24, 2.45) is 5.92 Å². The summed E-state index contributed by atoms with van der Waals surface area (Å²) >= 11 is 0. The van der Waals surface area contributed by atoms with Crippen molar-refractivity contribution in [3.63, 3.8) is 0 Å². The Labute approximate surface area is 205 Å². The number of esters is 1. The maximum atomic E-state index is 12.8. The summed E-state index contributed by atoms with van der Waals surface area (Å²) in [7, 11) is 1.22. The number of alkyl halides is 3. The Morgan fingerprint density at radius 3 is 2.47 bits per heavy atom. The largest absolute Gasteiger partial charge is 0.466 e. The van der Waals surface area contributed by atoms with Crippen LogP contribution >= 0.6 is 0 Å². The molecule has 0 unspecified atom stereocenters. The lowest BCUT2D eigenvalue weighted by atomic mass is 9.96. The van der Waals surface area contributed by atoms with Gasteiger partial charge in [-0.1, -0.05) is 6.08 Å². The molecule has 0 saturated carbocycles. The van der Waals surface area contributed by atoms with E-state index in [9.17, 15) is 37.1 Å². The first-order valence-corrected chi connectivity index (χ1v) is 11.3. The molecule has 2 heterocycles. The molecule has 13 heteroatoms. The zero-order valence-corrected chi connectivity index (χ0v) is 20.0. The van der Waals surface area contributed by atoms with Crippen LogP contribution < -0.4 is 16.2 Å². The van der Waals surface area contributed by atoms with E-state index in [1.807, 2.05) is 0 Å². The third-order valence-corrected chi connectivity index (χ3v) is 5.67. The van der Waals surface area contributed by atoms with Crippen molar-refractivity contribution in [3.8, 4) is 0 Å². The molecule has 10 nitrogen and oxygen atoms in total. The minimum Gasteiger partial charge on any atom is -0.466 e. The Hall–Kier alpha value is -3.64. The Morgan fingerprint density at radius 1 is 1.22 bits per heavy atom. The molecule has 1 aromatic heterocycles. The first-order chi connectivity index (χ1) is 16.9. The van der Waals surface area contributed by atoms with E-state index in [0.717, 1.165) is 4.57 Å². The van der Waals surface area contributed by atoms with E-state index in [4.69, 9.17) is 0 Å². The number of anilines is 1. The molecule has 1 aliphatic heterocycles. The molecule has 1 fully saturated rings. The topological polar surface area (TPSA) is 127 Å². The number of nitrogens with one attached hydrogen (secondary N) is 2. The normalized spacial score (nSPS) is 15.4. The number of piperidine rings is 1. The number of pyridine rings is 1. The third-order valence-electron chi connectivity index (χ3n) is 5.67. The highest BCUT2D eigenvalue weighted by Gasteiger charge is 2.41. The summed E-state index contributed by atoms with van der Waals surface area (Å²) in [6, 6.07) is 1.76. The van der Waals surface area contributed by atoms with Gasteiger partial charge in [-0.05, 0) is 37.8 Å². The molecule has 0 bridgehead atoms. The molecule has 0 aromatic carbocycles. The van der Waals surface area contributed by atoms with Crippen LogP contribution in [0.25, 0.3) is 0 Å². The van der Waals surface area contributed by atoms with Crippen LogP contribution in [0.2, 0.25) is 0 Å². The highest BCUT2D eigenvalue weighted by molar-refractivity contribution is 5.96. The van der Waals surface area contributed by atoms with Crippen LogP contribution in [-0.2, 0) is 30.5 Å². The number of allylic oxidation sites excluding steroid dienone is 1. The van der Waals surface area contributed by atoms with Crippen LogP contribution in [0.15, 0.2) is 35.3 Å². The smallest absolute Gasteiger partial charge is 0.391 e. The Bertz CT molecular complexity index is 1050. The molecule has 1 atom stereocenters. The molecule has 1 aliphatic rings. The van der Waals surface area contributed by atoms with E-state index in [2.05, 4.69) is 15.4 Å². The van der Waals surface area contributed by atoms with Gasteiger partial charge in [0.1, 0.15) is 18.3 Å². The lowest BCUT2D eigenvalue weighted by Gasteiger charge is -2.33. The second kappa shape index (κ2) is 12.9. The number of amides is 3. The van der Waals surface area contributed by atoms with Gasteiger partial charge >= 0.3 is 12.1 Å². The summed E-state index contributed by atoms with van der Waals surface area (Å²) in [6.45, 7) is 0.712. The number of rotatable bonds is 9. The zero-order chi connectivity index (χ0) is 26.9. The standard InChI is InChI=1S/C23H29F3N4O6/c1-15(31)27-17(6-3-4-8-20(33)36-2)21(34)28-18-7-5-11-30(22(18)35)14-19(32)29-12-9-16(10-13-29)23(24,25)26/h4-5,7-8,11,16-17H,3,6,9-10,12-14H2,1-2H3,(H,27,31)(H,28,34)/t17-/m0/s1. The summed E-state index contributed by atoms with van der Waals surface area (Å²) in [5.41, 5.74) is -0.817. The monoisotopic (exact) mass is 514 g/mol. The summed E-state index contributed by atoms with van der Waals surface area (Å²) in [5.74, 6) is -3.67. The fourth-order valence-corrected chi connectivity index (χ4v) is 3.70. The zero-order valence-electron chi connectivity index (χ0n) is 20.0. The van der Waals surface area contributed by atoms with Crippen LogP contribution in [0.3, 0.4) is 0 Å². The molecular weight excluding hydrogens is 485 g/mol. The van der Waals surface area contributed by atoms with E-state index in [1.54, 1.807) is 0 Å². The van der Waals surface area contributed by atoms with Gasteiger partial charge in [-0.2, -0.15) is 13.2 Å². The molecule has 2 N–H and O–H groups in total. The third kappa shape index (κ3) is 8.54. The van der Waals surface area contributed by atoms with Gasteiger partial charge in [0.2, 0.25) is 17.7 Å². The van der Waals surface area contributed by atoms with Crippen molar-refractivity contribution in [1.29, 1.82) is 0 Å². The predicted octanol–water partition coefficient (Wildman–Crippen LogP) is 1.60. The average Bonchev–Trinajstić information content (AvgIpc) is 2.82. The number of ether oxygens (including phenoxy) is 1. The minimum absolute atomic E-state index is 0.0585. The Balaban J connectivity index is 2.03. The molecule has 1 aromatic rings. The SMILES string of the molecule is COC(=O)C=CCC[C@H](NC(C)=O)C(=O)Nc1cccn(CC(=O)N2CCC(C(F)(F)F)CC2)c1=O. The number of carbonyl (C=O) groups excluding carboxylic acids is 4. The van der Waals surface area contributed by atoms with Crippen LogP contribution in [0, 0.1) is 5.92 Å². The van der Waals surface area contributed by atoms with E-state index in [0.29, 0.717) is 0 Å². The van der Waals surface area contributed by atoms with Crippen molar-refractivity contribution >= 4 is 29.4 Å². The first kappa shape index (κ1) is 28.6. The molecule has 1 saturated heterocycles. The minimum atomic E-state index is -4.30. The van der Waals surface area contributed by atoms with Gasteiger partial charge in [0, 0.05) is 32.3 Å². The number of nitrogens with zero attached hydrogens (tertiary/aromatic N) is 2. The fourth-order valence-electron chi connectivity index (χ4n) is 3.70. The number of likely N-dealkylation sites (tertiary alicyclic amines) is 1. The van der Waals surface area contributed by atoms with Crippen LogP contribution in [0.1, 0.15) is 32.6 Å². The van der Waals surface area contributed by atoms with E-state index in [1.165, 1.54) is 49.4 Å². The van der Waals surface area contributed by atoms with Gasteiger partial charge in [-0.25, -0.2) is 4.79 Å². The molecular formula is C23H29F3N4O6.